The second kappa shape index (κ2) is 14.8. The van der Waals surface area contributed by atoms with Crippen LogP contribution >= 0.6 is 0 Å². The molecular weight excluding hydrogens is 731 g/mol. The first-order chi connectivity index (χ1) is 29.7. The molecule has 5 heteroatoms. The van der Waals surface area contributed by atoms with Crippen LogP contribution < -0.4 is 0 Å². The first-order valence-corrected chi connectivity index (χ1v) is 20.4. The Labute approximate surface area is 348 Å². The molecule has 11 rings (SSSR count). The smallest absolute Gasteiger partial charge is 0.161 e. The maximum atomic E-state index is 4.99. The molecule has 0 bridgehead atoms. The van der Waals surface area contributed by atoms with Gasteiger partial charge in [-0.1, -0.05) is 158 Å². The van der Waals surface area contributed by atoms with Crippen molar-refractivity contribution in [1.29, 1.82) is 0 Å². The Morgan fingerprint density at radius 2 is 1.18 bits per heavy atom. The molecule has 10 aromatic rings. The number of rotatable bonds is 6. The Balaban J connectivity index is 0.989. The Morgan fingerprint density at radius 3 is 1.95 bits per heavy atom. The molecule has 0 saturated heterocycles. The summed E-state index contributed by atoms with van der Waals surface area (Å²) < 4.78 is 4.89. The molecule has 0 unspecified atom stereocenters. The van der Waals surface area contributed by atoms with Gasteiger partial charge in [-0.25, -0.2) is 9.98 Å². The molecule has 60 heavy (non-hydrogen) atoms. The molecule has 0 aliphatic heterocycles. The van der Waals surface area contributed by atoms with E-state index in [1.807, 2.05) is 60.7 Å². The summed E-state index contributed by atoms with van der Waals surface area (Å²) in [6, 6.07) is 62.3. The summed E-state index contributed by atoms with van der Waals surface area (Å²) >= 11 is 0. The summed E-state index contributed by atoms with van der Waals surface area (Å²) in [5, 5.41) is 4.99. The van der Waals surface area contributed by atoms with E-state index < -0.39 is 0 Å². The first-order valence-electron chi connectivity index (χ1n) is 20.4. The summed E-state index contributed by atoms with van der Waals surface area (Å²) in [5.41, 5.74) is 14.9. The van der Waals surface area contributed by atoms with E-state index in [4.69, 9.17) is 9.98 Å². The molecule has 284 valence electrons. The summed E-state index contributed by atoms with van der Waals surface area (Å²) in [7, 11) is 0. The van der Waals surface area contributed by atoms with Crippen LogP contribution in [-0.4, -0.2) is 27.4 Å². The molecule has 0 fully saturated rings. The van der Waals surface area contributed by atoms with Crippen molar-refractivity contribution >= 4 is 79.7 Å². The zero-order valence-corrected chi connectivity index (χ0v) is 32.9. The number of benzene rings is 7. The number of fused-ring (bicyclic) bond motifs is 11. The van der Waals surface area contributed by atoms with Gasteiger partial charge in [0.05, 0.1) is 34.1 Å². The van der Waals surface area contributed by atoms with E-state index in [0.717, 1.165) is 39.9 Å². The fourth-order valence-electron chi connectivity index (χ4n) is 8.84. The van der Waals surface area contributed by atoms with Crippen molar-refractivity contribution in [3.8, 4) is 16.8 Å². The van der Waals surface area contributed by atoms with Crippen LogP contribution in [0.2, 0.25) is 0 Å². The van der Waals surface area contributed by atoms with Crippen molar-refractivity contribution < 1.29 is 0 Å². The molecule has 0 saturated carbocycles. The lowest BCUT2D eigenvalue weighted by Crippen LogP contribution is -2.05. The quantitative estimate of drug-likeness (QED) is 0.119. The number of nitrogens with zero attached hydrogens (tertiary/aromatic N) is 5. The minimum atomic E-state index is 0.475. The molecule has 3 heterocycles. The van der Waals surface area contributed by atoms with E-state index in [9.17, 15) is 0 Å². The average molecular weight is 770 g/mol. The largest absolute Gasteiger partial charge is 0.309 e. The van der Waals surface area contributed by atoms with E-state index in [2.05, 4.69) is 160 Å². The lowest BCUT2D eigenvalue weighted by molar-refractivity contribution is 1.06. The highest BCUT2D eigenvalue weighted by Gasteiger charge is 2.19. The van der Waals surface area contributed by atoms with Crippen molar-refractivity contribution in [3.05, 3.63) is 216 Å². The van der Waals surface area contributed by atoms with Gasteiger partial charge in [0.15, 0.2) is 11.7 Å². The number of pyridine rings is 1. The Hall–Kier alpha value is -7.89. The van der Waals surface area contributed by atoms with Crippen LogP contribution in [0.25, 0.3) is 78.1 Å². The van der Waals surface area contributed by atoms with Gasteiger partial charge in [-0.15, -0.1) is 0 Å². The van der Waals surface area contributed by atoms with Gasteiger partial charge in [0.25, 0.3) is 0 Å². The minimum absolute atomic E-state index is 0.475. The predicted octanol–water partition coefficient (Wildman–Crippen LogP) is 13.5. The summed E-state index contributed by atoms with van der Waals surface area (Å²) in [4.78, 5) is 14.1. The van der Waals surface area contributed by atoms with Crippen molar-refractivity contribution in [2.75, 3.05) is 0 Å². The number of aliphatic imine (C=N–C) groups is 3. The van der Waals surface area contributed by atoms with Crippen LogP contribution in [0.4, 0.5) is 0 Å². The Morgan fingerprint density at radius 1 is 0.500 bits per heavy atom. The van der Waals surface area contributed by atoms with E-state index >= 15 is 0 Å². The van der Waals surface area contributed by atoms with Crippen molar-refractivity contribution in [1.82, 2.24) is 8.97 Å². The van der Waals surface area contributed by atoms with E-state index in [1.54, 1.807) is 0 Å². The highest BCUT2D eigenvalue weighted by Crippen LogP contribution is 2.40. The Bertz CT molecular complexity index is 3420. The SMILES string of the molecule is C=NC(=NC(=NCc1ccc(-c2cccc(-n3c4ccccc4c4cc5cc6c7c(c8ccccc8n6c5cc43)C=CCC=C7)c2)cc1)c1ccccc1)c1ccccc1. The third kappa shape index (κ3) is 6.07. The highest BCUT2D eigenvalue weighted by molar-refractivity contribution is 6.15. The second-order valence-corrected chi connectivity index (χ2v) is 15.2. The maximum absolute atomic E-state index is 4.99. The topological polar surface area (TPSA) is 46.4 Å². The number of hydrogen-bond donors (Lipinski definition) is 0. The average Bonchev–Trinajstić information content (AvgIpc) is 3.72. The van der Waals surface area contributed by atoms with Crippen molar-refractivity contribution in [3.63, 3.8) is 0 Å². The van der Waals surface area contributed by atoms with Gasteiger partial charge < -0.3 is 8.97 Å². The highest BCUT2D eigenvalue weighted by atomic mass is 15.0. The Kier molecular flexibility index (Phi) is 8.71. The van der Waals surface area contributed by atoms with E-state index in [0.29, 0.717) is 18.2 Å². The van der Waals surface area contributed by atoms with Gasteiger partial charge in [0.1, 0.15) is 0 Å². The van der Waals surface area contributed by atoms with Gasteiger partial charge in [-0.2, -0.15) is 0 Å². The van der Waals surface area contributed by atoms with Crippen LogP contribution in [-0.2, 0) is 6.54 Å². The number of para-hydroxylation sites is 2. The van der Waals surface area contributed by atoms with Crippen molar-refractivity contribution in [2.24, 2.45) is 15.0 Å². The maximum Gasteiger partial charge on any atom is 0.161 e. The third-order valence-corrected chi connectivity index (χ3v) is 11.7. The molecule has 0 N–H and O–H groups in total. The number of aromatic nitrogens is 2. The first kappa shape index (κ1) is 35.3. The molecule has 5 nitrogen and oxygen atoms in total. The van der Waals surface area contributed by atoms with Crippen LogP contribution in [0.15, 0.2) is 203 Å². The number of allylic oxidation sites excluding steroid dienone is 2. The molecule has 0 spiro atoms. The second-order valence-electron chi connectivity index (χ2n) is 15.2. The molecule has 3 aromatic heterocycles. The fraction of sp³-hybridized carbons (Fsp3) is 0.0364. The fourth-order valence-corrected chi connectivity index (χ4v) is 8.84. The zero-order valence-electron chi connectivity index (χ0n) is 32.9. The molecule has 0 atom stereocenters. The van der Waals surface area contributed by atoms with E-state index in [1.165, 1.54) is 60.3 Å². The third-order valence-electron chi connectivity index (χ3n) is 11.7. The van der Waals surface area contributed by atoms with Gasteiger partial charge in [0, 0.05) is 43.9 Å². The standard InChI is InChI=1S/C55H39N5/c1-56-54(39-16-5-2-6-17-39)58-55(40-18-7-3-8-19-40)57-36-37-28-30-38(31-29-37)41-20-15-21-43(32-41)59-49-26-13-12-25-47(49)48-33-42-34-52-46-23-10-4-9-22-44(46)45-24-11-14-27-50(45)60(52)51(42)35-53(48)59/h2-3,5-35H,1,4,36H2. The molecule has 1 aliphatic rings. The van der Waals surface area contributed by atoms with Gasteiger partial charge in [-0.3, -0.25) is 4.99 Å². The van der Waals surface area contributed by atoms with Crippen LogP contribution in [0, 0.1) is 0 Å². The number of amidine groups is 2. The number of hydrogen-bond acceptors (Lipinski definition) is 1. The normalized spacial score (nSPS) is 13.1. The predicted molar refractivity (Wildman–Crippen MR) is 254 cm³/mol. The van der Waals surface area contributed by atoms with Crippen LogP contribution in [0.5, 0.6) is 0 Å². The molecule has 0 radical (unpaired) electrons. The van der Waals surface area contributed by atoms with Crippen molar-refractivity contribution in [2.45, 2.75) is 13.0 Å². The monoisotopic (exact) mass is 769 g/mol. The van der Waals surface area contributed by atoms with Gasteiger partial charge in [0.2, 0.25) is 0 Å². The molecular formula is C55H39N5. The summed E-state index contributed by atoms with van der Waals surface area (Å²) in [6.45, 7) is 4.27. The van der Waals surface area contributed by atoms with Crippen LogP contribution in [0.1, 0.15) is 34.2 Å². The lowest BCUT2D eigenvalue weighted by atomic mass is 10.0. The molecule has 0 amide bonds. The van der Waals surface area contributed by atoms with E-state index in [-0.39, 0.29) is 0 Å². The minimum Gasteiger partial charge on any atom is -0.309 e. The molecule has 1 aliphatic carbocycles. The lowest BCUT2D eigenvalue weighted by Gasteiger charge is -2.13. The zero-order chi connectivity index (χ0) is 40.0. The van der Waals surface area contributed by atoms with Gasteiger partial charge >= 0.3 is 0 Å². The summed E-state index contributed by atoms with van der Waals surface area (Å²) in [5.74, 6) is 1.16. The van der Waals surface area contributed by atoms with Gasteiger partial charge in [-0.05, 0) is 77.9 Å². The summed E-state index contributed by atoms with van der Waals surface area (Å²) in [6.07, 6.45) is 10.1. The van der Waals surface area contributed by atoms with Crippen LogP contribution in [0.3, 0.4) is 0 Å². The molecule has 7 aromatic carbocycles.